The van der Waals surface area contributed by atoms with Gasteiger partial charge in [-0.05, 0) is 37.0 Å². The van der Waals surface area contributed by atoms with Gasteiger partial charge in [0.2, 0.25) is 0 Å². The van der Waals surface area contributed by atoms with Gasteiger partial charge >= 0.3 is 0 Å². The van der Waals surface area contributed by atoms with Gasteiger partial charge in [0, 0.05) is 24.0 Å². The van der Waals surface area contributed by atoms with Gasteiger partial charge in [0.1, 0.15) is 17.3 Å². The van der Waals surface area contributed by atoms with Crippen LogP contribution in [0.1, 0.15) is 54.2 Å². The van der Waals surface area contributed by atoms with E-state index in [0.29, 0.717) is 22.6 Å². The van der Waals surface area contributed by atoms with Gasteiger partial charge in [-0.1, -0.05) is 25.3 Å². The van der Waals surface area contributed by atoms with Crippen molar-refractivity contribution in [3.05, 3.63) is 70.0 Å². The fourth-order valence-corrected chi connectivity index (χ4v) is 3.63. The first-order valence-corrected chi connectivity index (χ1v) is 9.61. The highest BCUT2D eigenvalue weighted by Crippen LogP contribution is 2.31. The van der Waals surface area contributed by atoms with Crippen LogP contribution in [0.15, 0.2) is 47.4 Å². The molecule has 0 radical (unpaired) electrons. The van der Waals surface area contributed by atoms with Crippen LogP contribution in [0, 0.1) is 5.82 Å². The molecule has 6 nitrogen and oxygen atoms in total. The lowest BCUT2D eigenvalue weighted by Gasteiger charge is -2.21. The van der Waals surface area contributed by atoms with Crippen molar-refractivity contribution in [2.45, 2.75) is 38.0 Å². The van der Waals surface area contributed by atoms with E-state index in [4.69, 9.17) is 10.5 Å². The summed E-state index contributed by atoms with van der Waals surface area (Å²) in [5.41, 5.74) is 6.74. The van der Waals surface area contributed by atoms with E-state index < -0.39 is 5.91 Å². The predicted molar refractivity (Wildman–Crippen MR) is 110 cm³/mol. The predicted octanol–water partition coefficient (Wildman–Crippen LogP) is 3.90. The number of carbonyl (C=O) groups excluding carboxylic acids is 1. The van der Waals surface area contributed by atoms with Gasteiger partial charge in [0.25, 0.3) is 5.91 Å². The molecule has 1 aliphatic carbocycles. The molecule has 0 bridgehead atoms. The molecule has 0 aliphatic heterocycles. The number of benzene rings is 1. The number of hydrogen-bond acceptors (Lipinski definition) is 4. The second-order valence-corrected chi connectivity index (χ2v) is 7.03. The summed E-state index contributed by atoms with van der Waals surface area (Å²) in [6.07, 6.45) is 7.39. The van der Waals surface area contributed by atoms with Crippen LogP contribution in [0.5, 0.6) is 5.75 Å². The second-order valence-electron chi connectivity index (χ2n) is 7.03. The molecule has 0 spiro atoms. The minimum Gasteiger partial charge on any atom is -0.497 e. The van der Waals surface area contributed by atoms with E-state index in [1.165, 1.54) is 44.7 Å². The Morgan fingerprint density at radius 2 is 1.97 bits per heavy atom. The Balaban J connectivity index is 0.000000224. The van der Waals surface area contributed by atoms with Gasteiger partial charge in [-0.25, -0.2) is 4.39 Å². The van der Waals surface area contributed by atoms with Gasteiger partial charge in [0.05, 0.1) is 18.0 Å². The maximum absolute atomic E-state index is 12.3. The molecular formula is C22H24FN3O3. The maximum atomic E-state index is 12.3. The Kier molecular flexibility index (Phi) is 6.59. The number of hydrogen-bond donors (Lipinski definition) is 2. The number of nitrogens with zero attached hydrogens (tertiary/aromatic N) is 1. The van der Waals surface area contributed by atoms with Crippen LogP contribution in [-0.4, -0.2) is 23.0 Å². The van der Waals surface area contributed by atoms with Crippen molar-refractivity contribution in [1.29, 1.82) is 0 Å². The number of nitrogens with two attached hydrogens (primary N) is 1. The van der Waals surface area contributed by atoms with Gasteiger partial charge in [-0.15, -0.1) is 0 Å². The number of methoxy groups -OCH3 is 1. The molecule has 29 heavy (non-hydrogen) atoms. The molecule has 1 aromatic carbocycles. The smallest absolute Gasteiger partial charge is 0.268 e. The molecule has 1 saturated carbocycles. The number of pyridine rings is 2. The molecule has 1 aliphatic rings. The van der Waals surface area contributed by atoms with E-state index in [1.54, 1.807) is 24.3 Å². The Labute approximate surface area is 167 Å². The first-order valence-electron chi connectivity index (χ1n) is 9.61. The van der Waals surface area contributed by atoms with Crippen LogP contribution in [0.2, 0.25) is 0 Å². The summed E-state index contributed by atoms with van der Waals surface area (Å²) in [6, 6.07) is 9.34. The summed E-state index contributed by atoms with van der Waals surface area (Å²) in [7, 11) is 1.51. The number of aromatic nitrogens is 2. The largest absolute Gasteiger partial charge is 0.497 e. The third kappa shape index (κ3) is 4.99. The summed E-state index contributed by atoms with van der Waals surface area (Å²) < 4.78 is 17.0. The fraction of sp³-hybridized carbons (Fsp3) is 0.318. The van der Waals surface area contributed by atoms with Crippen molar-refractivity contribution in [3.8, 4) is 5.75 Å². The number of ether oxygens (including phenoxy) is 1. The van der Waals surface area contributed by atoms with Gasteiger partial charge in [0.15, 0.2) is 5.43 Å². The normalized spacial score (nSPS) is 14.1. The van der Waals surface area contributed by atoms with E-state index in [1.807, 2.05) is 0 Å². The summed E-state index contributed by atoms with van der Waals surface area (Å²) in [6.45, 7) is 0. The zero-order valence-electron chi connectivity index (χ0n) is 16.3. The quantitative estimate of drug-likeness (QED) is 0.700. The lowest BCUT2D eigenvalue weighted by molar-refractivity contribution is 0.0997. The highest BCUT2D eigenvalue weighted by atomic mass is 19.1. The standard InChI is InChI=1S/C15H17N3O2.C7H7FO/c16-15(20)14-13-10(6-7-17-14)18-11(8-12(13)19)9-4-2-1-3-5-9;1-9-7-4-2-3-6(8)5-7/h6-9H,1-5H2,(H2,16,20)(H,18,19);2-5H,1H3. The molecule has 152 valence electrons. The van der Waals surface area contributed by atoms with Crippen LogP contribution in [-0.2, 0) is 0 Å². The number of nitrogens with one attached hydrogen (secondary N) is 1. The molecule has 7 heteroatoms. The molecule has 1 amide bonds. The van der Waals surface area contributed by atoms with E-state index in [2.05, 4.69) is 9.97 Å². The third-order valence-corrected chi connectivity index (χ3v) is 5.07. The van der Waals surface area contributed by atoms with Gasteiger partial charge in [-0.3, -0.25) is 14.6 Å². The van der Waals surface area contributed by atoms with Crippen molar-refractivity contribution < 1.29 is 13.9 Å². The molecule has 1 fully saturated rings. The van der Waals surface area contributed by atoms with E-state index in [0.717, 1.165) is 18.5 Å². The zero-order chi connectivity index (χ0) is 20.8. The lowest BCUT2D eigenvalue weighted by atomic mass is 9.86. The zero-order valence-corrected chi connectivity index (χ0v) is 16.3. The highest BCUT2D eigenvalue weighted by Gasteiger charge is 2.19. The Bertz CT molecular complexity index is 1060. The molecule has 4 rings (SSSR count). The Hall–Kier alpha value is -3.22. The number of primary amides is 1. The highest BCUT2D eigenvalue weighted by molar-refractivity contribution is 6.03. The van der Waals surface area contributed by atoms with Crippen LogP contribution in [0.4, 0.5) is 4.39 Å². The van der Waals surface area contributed by atoms with E-state index in [-0.39, 0.29) is 16.9 Å². The van der Waals surface area contributed by atoms with Gasteiger partial charge < -0.3 is 15.5 Å². The number of rotatable bonds is 3. The molecule has 0 unspecified atom stereocenters. The fourth-order valence-electron chi connectivity index (χ4n) is 3.63. The number of fused-ring (bicyclic) bond motifs is 1. The van der Waals surface area contributed by atoms with Crippen LogP contribution >= 0.6 is 0 Å². The monoisotopic (exact) mass is 397 g/mol. The van der Waals surface area contributed by atoms with Crippen molar-refractivity contribution in [1.82, 2.24) is 9.97 Å². The number of aromatic amines is 1. The van der Waals surface area contributed by atoms with Crippen LogP contribution in [0.3, 0.4) is 0 Å². The Morgan fingerprint density at radius 3 is 2.59 bits per heavy atom. The topological polar surface area (TPSA) is 98.1 Å². The summed E-state index contributed by atoms with van der Waals surface area (Å²) in [4.78, 5) is 30.9. The molecule has 3 aromatic rings. The first-order chi connectivity index (χ1) is 14.0. The van der Waals surface area contributed by atoms with E-state index in [9.17, 15) is 14.0 Å². The molecule has 3 N–H and O–H groups in total. The third-order valence-electron chi connectivity index (χ3n) is 5.07. The molecule has 2 heterocycles. The summed E-state index contributed by atoms with van der Waals surface area (Å²) in [5.74, 6) is 0.0157. The number of halogens is 1. The number of carbonyl (C=O) groups is 1. The second kappa shape index (κ2) is 9.32. The Morgan fingerprint density at radius 1 is 1.21 bits per heavy atom. The molecule has 0 atom stereocenters. The molecule has 0 saturated heterocycles. The van der Waals surface area contributed by atoms with Crippen molar-refractivity contribution in [2.75, 3.05) is 7.11 Å². The lowest BCUT2D eigenvalue weighted by Crippen LogP contribution is -2.19. The van der Waals surface area contributed by atoms with Crippen LogP contribution < -0.4 is 15.9 Å². The molecular weight excluding hydrogens is 373 g/mol. The van der Waals surface area contributed by atoms with E-state index >= 15 is 0 Å². The van der Waals surface area contributed by atoms with Crippen molar-refractivity contribution in [2.24, 2.45) is 5.73 Å². The summed E-state index contributed by atoms with van der Waals surface area (Å²) in [5, 5.41) is 0.291. The van der Waals surface area contributed by atoms with Crippen molar-refractivity contribution >= 4 is 16.8 Å². The minimum atomic E-state index is -0.675. The minimum absolute atomic E-state index is 0.0407. The van der Waals surface area contributed by atoms with Crippen molar-refractivity contribution in [3.63, 3.8) is 0 Å². The number of amides is 1. The number of H-pyrrole nitrogens is 1. The summed E-state index contributed by atoms with van der Waals surface area (Å²) >= 11 is 0. The first kappa shape index (κ1) is 20.5. The molecule has 2 aromatic heterocycles. The van der Waals surface area contributed by atoms with Crippen LogP contribution in [0.25, 0.3) is 10.9 Å². The van der Waals surface area contributed by atoms with Gasteiger partial charge in [-0.2, -0.15) is 0 Å². The maximum Gasteiger partial charge on any atom is 0.268 e. The average Bonchev–Trinajstić information content (AvgIpc) is 2.74. The SMILES string of the molecule is COc1cccc(F)c1.NC(=O)c1nccc2[nH]c(C3CCCCC3)cc(=O)c12. The average molecular weight is 397 g/mol.